The molecule has 17 heavy (non-hydrogen) atoms. The van der Waals surface area contributed by atoms with Crippen molar-refractivity contribution < 1.29 is 14.7 Å². The lowest BCUT2D eigenvalue weighted by Gasteiger charge is -2.39. The van der Waals surface area contributed by atoms with Crippen LogP contribution in [0.15, 0.2) is 24.3 Å². The molecule has 4 nitrogen and oxygen atoms in total. The smallest absolute Gasteiger partial charge is 0.329 e. The van der Waals surface area contributed by atoms with E-state index in [0.29, 0.717) is 25.7 Å². The van der Waals surface area contributed by atoms with Crippen molar-refractivity contribution in [2.45, 2.75) is 24.8 Å². The van der Waals surface area contributed by atoms with E-state index in [2.05, 4.69) is 0 Å². The lowest BCUT2D eigenvalue weighted by atomic mass is 9.77. The normalized spacial score (nSPS) is 22.6. The molecule has 0 spiro atoms. The number of carboxylic acids is 1. The standard InChI is InChI=1S/C13H15NO3/c1-14(9-15)13(12(16)17)7-6-10-4-2-3-5-11(10)8-13/h2-5,9H,6-8H2,1H3,(H,16,17). The number of aliphatic carboxylic acids is 1. The number of nitrogens with zero attached hydrogens (tertiary/aromatic N) is 1. The largest absolute Gasteiger partial charge is 0.479 e. The summed E-state index contributed by atoms with van der Waals surface area (Å²) in [6.07, 6.45) is 2.14. The molecule has 0 bridgehead atoms. The summed E-state index contributed by atoms with van der Waals surface area (Å²) in [5, 5.41) is 9.42. The zero-order valence-electron chi connectivity index (χ0n) is 9.72. The summed E-state index contributed by atoms with van der Waals surface area (Å²) in [4.78, 5) is 23.7. The molecule has 1 N–H and O–H groups in total. The maximum Gasteiger partial charge on any atom is 0.329 e. The molecule has 1 amide bonds. The third-order valence-electron chi connectivity index (χ3n) is 3.64. The van der Waals surface area contributed by atoms with Gasteiger partial charge in [-0.2, -0.15) is 0 Å². The second-order valence-electron chi connectivity index (χ2n) is 4.50. The van der Waals surface area contributed by atoms with Gasteiger partial charge in [-0.05, 0) is 24.0 Å². The molecule has 90 valence electrons. The third kappa shape index (κ3) is 1.79. The van der Waals surface area contributed by atoms with E-state index in [4.69, 9.17) is 0 Å². The maximum absolute atomic E-state index is 11.5. The van der Waals surface area contributed by atoms with Gasteiger partial charge in [0.05, 0.1) is 0 Å². The van der Waals surface area contributed by atoms with Gasteiger partial charge in [-0.1, -0.05) is 24.3 Å². The Hall–Kier alpha value is -1.84. The van der Waals surface area contributed by atoms with Crippen LogP contribution < -0.4 is 0 Å². The fraction of sp³-hybridized carbons (Fsp3) is 0.385. The highest BCUT2D eigenvalue weighted by Gasteiger charge is 2.44. The molecule has 1 unspecified atom stereocenters. The molecular formula is C13H15NO3. The Balaban J connectivity index is 2.41. The topological polar surface area (TPSA) is 57.6 Å². The summed E-state index contributed by atoms with van der Waals surface area (Å²) in [5.41, 5.74) is 1.12. The van der Waals surface area contributed by atoms with Crippen LogP contribution in [0.1, 0.15) is 17.5 Å². The summed E-state index contributed by atoms with van der Waals surface area (Å²) in [6.45, 7) is 0. The first-order valence-electron chi connectivity index (χ1n) is 5.58. The number of rotatable bonds is 3. The quantitative estimate of drug-likeness (QED) is 0.795. The molecule has 0 radical (unpaired) electrons. The van der Waals surface area contributed by atoms with Crippen LogP contribution in [0.4, 0.5) is 0 Å². The minimum Gasteiger partial charge on any atom is -0.479 e. The van der Waals surface area contributed by atoms with Gasteiger partial charge < -0.3 is 10.0 Å². The van der Waals surface area contributed by atoms with Crippen molar-refractivity contribution in [1.29, 1.82) is 0 Å². The Morgan fingerprint density at radius 1 is 1.41 bits per heavy atom. The van der Waals surface area contributed by atoms with Crippen LogP contribution in [0.25, 0.3) is 0 Å². The Morgan fingerprint density at radius 3 is 2.65 bits per heavy atom. The van der Waals surface area contributed by atoms with Crippen molar-refractivity contribution in [3.05, 3.63) is 35.4 Å². The Bertz CT molecular complexity index is 458. The summed E-state index contributed by atoms with van der Waals surface area (Å²) in [7, 11) is 1.54. The van der Waals surface area contributed by atoms with E-state index in [1.165, 1.54) is 17.5 Å². The Morgan fingerprint density at radius 2 is 2.06 bits per heavy atom. The summed E-state index contributed by atoms with van der Waals surface area (Å²) in [6, 6.07) is 7.81. The number of carboxylic acid groups (broad SMARTS) is 1. The zero-order valence-corrected chi connectivity index (χ0v) is 9.72. The molecule has 1 atom stereocenters. The van der Waals surface area contributed by atoms with E-state index < -0.39 is 11.5 Å². The van der Waals surface area contributed by atoms with Crippen LogP contribution in [0.3, 0.4) is 0 Å². The van der Waals surface area contributed by atoms with Gasteiger partial charge in [0.25, 0.3) is 0 Å². The zero-order chi connectivity index (χ0) is 12.5. The van der Waals surface area contributed by atoms with Crippen molar-refractivity contribution in [3.63, 3.8) is 0 Å². The number of benzene rings is 1. The van der Waals surface area contributed by atoms with Gasteiger partial charge in [-0.15, -0.1) is 0 Å². The monoisotopic (exact) mass is 233 g/mol. The highest BCUT2D eigenvalue weighted by atomic mass is 16.4. The molecule has 0 saturated carbocycles. The lowest BCUT2D eigenvalue weighted by Crippen LogP contribution is -2.55. The van der Waals surface area contributed by atoms with Crippen LogP contribution >= 0.6 is 0 Å². The average Bonchev–Trinajstić information content (AvgIpc) is 2.36. The molecule has 4 heteroatoms. The van der Waals surface area contributed by atoms with Crippen molar-refractivity contribution >= 4 is 12.4 Å². The number of aryl methyl sites for hydroxylation is 1. The van der Waals surface area contributed by atoms with Gasteiger partial charge in [0, 0.05) is 13.5 Å². The van der Waals surface area contributed by atoms with E-state index in [0.717, 1.165) is 5.56 Å². The van der Waals surface area contributed by atoms with E-state index in [9.17, 15) is 14.7 Å². The predicted molar refractivity (Wildman–Crippen MR) is 62.7 cm³/mol. The van der Waals surface area contributed by atoms with Crippen molar-refractivity contribution in [3.8, 4) is 0 Å². The van der Waals surface area contributed by atoms with E-state index in [1.54, 1.807) is 0 Å². The molecule has 2 rings (SSSR count). The Kier molecular flexibility index (Phi) is 2.88. The molecule has 1 aliphatic carbocycles. The number of hydrogen-bond donors (Lipinski definition) is 1. The summed E-state index contributed by atoms with van der Waals surface area (Å²) < 4.78 is 0. The molecule has 0 aromatic heterocycles. The fourth-order valence-electron chi connectivity index (χ4n) is 2.45. The number of fused-ring (bicyclic) bond motifs is 1. The molecule has 0 saturated heterocycles. The number of carbonyl (C=O) groups excluding carboxylic acids is 1. The molecular weight excluding hydrogens is 218 g/mol. The first-order chi connectivity index (χ1) is 8.10. The first-order valence-corrected chi connectivity index (χ1v) is 5.58. The van der Waals surface area contributed by atoms with Crippen LogP contribution in [-0.2, 0) is 22.4 Å². The molecule has 0 heterocycles. The van der Waals surface area contributed by atoms with E-state index >= 15 is 0 Å². The second kappa shape index (κ2) is 4.20. The van der Waals surface area contributed by atoms with Gasteiger partial charge in [0.1, 0.15) is 5.54 Å². The molecule has 1 aromatic carbocycles. The van der Waals surface area contributed by atoms with Gasteiger partial charge in [0.2, 0.25) is 6.41 Å². The average molecular weight is 233 g/mol. The van der Waals surface area contributed by atoms with Gasteiger partial charge >= 0.3 is 5.97 Å². The third-order valence-corrected chi connectivity index (χ3v) is 3.64. The van der Waals surface area contributed by atoms with Crippen LogP contribution in [0.5, 0.6) is 0 Å². The SMILES string of the molecule is CN(C=O)C1(C(=O)O)CCc2ccccc2C1. The second-order valence-corrected chi connectivity index (χ2v) is 4.50. The van der Waals surface area contributed by atoms with Crippen molar-refractivity contribution in [1.82, 2.24) is 4.90 Å². The van der Waals surface area contributed by atoms with Crippen LogP contribution in [0.2, 0.25) is 0 Å². The van der Waals surface area contributed by atoms with Crippen LogP contribution in [-0.4, -0.2) is 35.0 Å². The minimum atomic E-state index is -1.09. The molecule has 1 aromatic rings. The number of amides is 1. The van der Waals surface area contributed by atoms with Crippen molar-refractivity contribution in [2.75, 3.05) is 7.05 Å². The van der Waals surface area contributed by atoms with E-state index in [1.807, 2.05) is 24.3 Å². The summed E-state index contributed by atoms with van der Waals surface area (Å²) in [5.74, 6) is -0.929. The maximum atomic E-state index is 11.5. The predicted octanol–water partition coefficient (Wildman–Crippen LogP) is 1.09. The highest BCUT2D eigenvalue weighted by molar-refractivity contribution is 5.82. The summed E-state index contributed by atoms with van der Waals surface area (Å²) >= 11 is 0. The minimum absolute atomic E-state index is 0.383. The Labute approximate surface area is 99.9 Å². The van der Waals surface area contributed by atoms with E-state index in [-0.39, 0.29) is 0 Å². The highest BCUT2D eigenvalue weighted by Crippen LogP contribution is 2.32. The number of carbonyl (C=O) groups is 2. The molecule has 0 aliphatic heterocycles. The van der Waals surface area contributed by atoms with Crippen molar-refractivity contribution in [2.24, 2.45) is 0 Å². The number of hydrogen-bond acceptors (Lipinski definition) is 2. The lowest BCUT2D eigenvalue weighted by molar-refractivity contribution is -0.154. The molecule has 1 aliphatic rings. The van der Waals surface area contributed by atoms with Gasteiger partial charge in [-0.3, -0.25) is 4.79 Å². The first kappa shape index (κ1) is 11.6. The van der Waals surface area contributed by atoms with Gasteiger partial charge in [0.15, 0.2) is 0 Å². The molecule has 0 fully saturated rings. The number of likely N-dealkylation sites (N-methyl/N-ethyl adjacent to an activating group) is 1. The fourth-order valence-corrected chi connectivity index (χ4v) is 2.45. The van der Waals surface area contributed by atoms with Gasteiger partial charge in [-0.25, -0.2) is 4.79 Å². The van der Waals surface area contributed by atoms with Crippen LogP contribution in [0, 0.1) is 0 Å².